The predicted octanol–water partition coefficient (Wildman–Crippen LogP) is 7.78. The van der Waals surface area contributed by atoms with E-state index in [1.807, 2.05) is 31.2 Å². The number of nitrogens with zero attached hydrogens (tertiary/aromatic N) is 2. The monoisotopic (exact) mass is 605 g/mol. The quantitative estimate of drug-likeness (QED) is 0.0772. The normalized spacial score (nSPS) is 13.6. The van der Waals surface area contributed by atoms with E-state index in [9.17, 15) is 14.4 Å². The van der Waals surface area contributed by atoms with Crippen molar-refractivity contribution in [1.82, 2.24) is 9.99 Å². The van der Waals surface area contributed by atoms with Crippen molar-refractivity contribution >= 4 is 7.75 Å². The molecular weight excluding hydrogens is 557 g/mol. The van der Waals surface area contributed by atoms with E-state index < -0.39 is 18.8 Å². The summed E-state index contributed by atoms with van der Waals surface area (Å²) in [5.41, 5.74) is 2.22. The van der Waals surface area contributed by atoms with Crippen molar-refractivity contribution in [1.29, 1.82) is 5.26 Å². The number of methoxy groups -OCH3 is 1. The van der Waals surface area contributed by atoms with Gasteiger partial charge in [0, 0.05) is 18.0 Å². The first-order valence-electron chi connectivity index (χ1n) is 15.3. The molecule has 0 saturated heterocycles. The zero-order chi connectivity index (χ0) is 31.3. The van der Waals surface area contributed by atoms with E-state index in [1.54, 1.807) is 21.0 Å². The van der Waals surface area contributed by atoms with Crippen LogP contribution in [0.15, 0.2) is 84.9 Å². The van der Waals surface area contributed by atoms with Gasteiger partial charge >= 0.3 is 7.75 Å². The maximum atomic E-state index is 12.3. The predicted molar refractivity (Wildman–Crippen MR) is 174 cm³/mol. The van der Waals surface area contributed by atoms with Crippen molar-refractivity contribution < 1.29 is 19.1 Å². The minimum Gasteiger partial charge on any atom is -0.497 e. The van der Waals surface area contributed by atoms with Gasteiger partial charge in [-0.25, -0.2) is 9.24 Å². The highest BCUT2D eigenvalue weighted by molar-refractivity contribution is 7.49. The Hall–Kier alpha value is -2.98. The van der Waals surface area contributed by atoms with Gasteiger partial charge in [0.25, 0.3) is 0 Å². The third kappa shape index (κ3) is 9.01. The summed E-state index contributed by atoms with van der Waals surface area (Å²) in [6, 6.07) is 31.2. The largest absolute Gasteiger partial charge is 0.497 e. The van der Waals surface area contributed by atoms with Crippen LogP contribution in [0.2, 0.25) is 0 Å². The van der Waals surface area contributed by atoms with Crippen molar-refractivity contribution in [2.24, 2.45) is 0 Å². The van der Waals surface area contributed by atoms with Crippen LogP contribution in [0.3, 0.4) is 0 Å². The molecule has 43 heavy (non-hydrogen) atoms. The molecule has 232 valence electrons. The smallest absolute Gasteiger partial charge is 0.403 e. The molecule has 0 bridgehead atoms. The van der Waals surface area contributed by atoms with Crippen LogP contribution in [0.25, 0.3) is 0 Å². The van der Waals surface area contributed by atoms with E-state index in [-0.39, 0.29) is 12.5 Å². The Morgan fingerprint density at radius 1 is 0.837 bits per heavy atom. The fourth-order valence-corrected chi connectivity index (χ4v) is 7.81. The Balaban J connectivity index is 1.68. The number of ether oxygens (including phenoxy) is 1. The van der Waals surface area contributed by atoms with Gasteiger partial charge in [-0.2, -0.15) is 5.26 Å². The maximum absolute atomic E-state index is 12.3. The number of hydrogen-bond acceptors (Lipinski definition) is 4. The molecule has 7 nitrogen and oxygen atoms in total. The van der Waals surface area contributed by atoms with Gasteiger partial charge in [-0.3, -0.25) is 5.32 Å². The molecule has 0 fully saturated rings. The Morgan fingerprint density at radius 3 is 1.84 bits per heavy atom. The summed E-state index contributed by atoms with van der Waals surface area (Å²) in [6.07, 6.45) is 6.21. The van der Waals surface area contributed by atoms with Crippen LogP contribution in [0.1, 0.15) is 88.8 Å². The molecule has 8 heteroatoms. The highest BCUT2D eigenvalue weighted by atomic mass is 31.2. The summed E-state index contributed by atoms with van der Waals surface area (Å²) in [6.45, 7) is 6.30. The van der Waals surface area contributed by atoms with Gasteiger partial charge in [0.15, 0.2) is 0 Å². The number of unbranched alkanes of at least 4 members (excludes halogenated alkanes) is 4. The van der Waals surface area contributed by atoms with E-state index >= 15 is 0 Å². The second-order valence-corrected chi connectivity index (χ2v) is 13.2. The summed E-state index contributed by atoms with van der Waals surface area (Å²) in [7, 11) is -2.77. The summed E-state index contributed by atoms with van der Waals surface area (Å²) in [5.74, 6) is 0.819. The average Bonchev–Trinajstić information content (AvgIpc) is 2.99. The molecule has 0 aliphatic carbocycles. The number of nitrogens with one attached hydrogen (secondary N) is 1. The molecule has 0 amide bonds. The molecule has 0 radical (unpaired) electrons. The summed E-state index contributed by atoms with van der Waals surface area (Å²) in [5, 5.41) is 13.1. The molecular formula is C35H48N3O4P. The SMILES string of the molecule is COc1ccc(C(NCCCCCCCC(C)(CCC#N)N(C(C)C)P(=O)(O)O)(c2ccccc2)c2ccccc2)cc1. The molecule has 3 aromatic carbocycles. The highest BCUT2D eigenvalue weighted by Crippen LogP contribution is 2.50. The van der Waals surface area contributed by atoms with Crippen molar-refractivity contribution in [3.05, 3.63) is 102 Å². The van der Waals surface area contributed by atoms with Crippen LogP contribution < -0.4 is 10.1 Å². The lowest BCUT2D eigenvalue weighted by molar-refractivity contribution is 0.105. The Labute approximate surface area is 258 Å². The lowest BCUT2D eigenvalue weighted by Gasteiger charge is -2.43. The van der Waals surface area contributed by atoms with Crippen LogP contribution in [-0.2, 0) is 10.1 Å². The van der Waals surface area contributed by atoms with Crippen LogP contribution >= 0.6 is 7.75 Å². The molecule has 1 unspecified atom stereocenters. The van der Waals surface area contributed by atoms with Crippen LogP contribution in [0.4, 0.5) is 0 Å². The van der Waals surface area contributed by atoms with E-state index in [0.717, 1.165) is 50.0 Å². The Kier molecular flexibility index (Phi) is 13.0. The third-order valence-corrected chi connectivity index (χ3v) is 9.82. The van der Waals surface area contributed by atoms with Gasteiger partial charge in [-0.1, -0.05) is 98.5 Å². The molecule has 3 rings (SSSR count). The van der Waals surface area contributed by atoms with Gasteiger partial charge < -0.3 is 14.5 Å². The van der Waals surface area contributed by atoms with E-state index in [2.05, 4.69) is 72.0 Å². The molecule has 0 aromatic heterocycles. The van der Waals surface area contributed by atoms with Gasteiger partial charge in [-0.05, 0) is 75.4 Å². The topological polar surface area (TPSA) is 106 Å². The minimum absolute atomic E-state index is 0.268. The standard InChI is InChI=1S/C35H48N3O4P/c1-29(2)38(43(39,40)41)34(3,26-16-27-36)25-14-6-5-7-15-28-37-35(30-17-10-8-11-18-30,31-19-12-9-13-20-31)32-21-23-33(42-4)24-22-32/h8-13,17-24,29,37H,5-7,14-16,25-26,28H2,1-4H3,(H2,39,40,41). The lowest BCUT2D eigenvalue weighted by atomic mass is 9.77. The van der Waals surface area contributed by atoms with Crippen molar-refractivity contribution in [2.75, 3.05) is 13.7 Å². The number of nitriles is 1. The van der Waals surface area contributed by atoms with Crippen LogP contribution in [0.5, 0.6) is 5.75 Å². The van der Waals surface area contributed by atoms with E-state index in [0.29, 0.717) is 12.8 Å². The second kappa shape index (κ2) is 16.2. The molecule has 1 atom stereocenters. The molecule has 0 heterocycles. The second-order valence-electron chi connectivity index (χ2n) is 11.8. The van der Waals surface area contributed by atoms with Crippen molar-refractivity contribution in [3.8, 4) is 11.8 Å². The van der Waals surface area contributed by atoms with E-state index in [1.165, 1.54) is 15.8 Å². The van der Waals surface area contributed by atoms with Gasteiger partial charge in [-0.15, -0.1) is 0 Å². The molecule has 0 saturated carbocycles. The zero-order valence-electron chi connectivity index (χ0n) is 26.1. The van der Waals surface area contributed by atoms with Gasteiger partial charge in [0.2, 0.25) is 0 Å². The van der Waals surface area contributed by atoms with Gasteiger partial charge in [0.1, 0.15) is 5.75 Å². The number of rotatable bonds is 18. The lowest BCUT2D eigenvalue weighted by Crippen LogP contribution is -2.47. The minimum atomic E-state index is -4.45. The molecule has 0 aliphatic heterocycles. The van der Waals surface area contributed by atoms with Crippen molar-refractivity contribution in [2.45, 2.75) is 89.3 Å². The molecule has 3 aromatic rings. The molecule has 3 N–H and O–H groups in total. The Bertz CT molecular complexity index is 1280. The summed E-state index contributed by atoms with van der Waals surface area (Å²) >= 11 is 0. The first-order valence-corrected chi connectivity index (χ1v) is 16.9. The number of hydrogen-bond donors (Lipinski definition) is 3. The summed E-state index contributed by atoms with van der Waals surface area (Å²) in [4.78, 5) is 20.1. The summed E-state index contributed by atoms with van der Waals surface area (Å²) < 4.78 is 19.1. The number of benzene rings is 3. The fraction of sp³-hybridized carbons (Fsp3) is 0.457. The maximum Gasteiger partial charge on any atom is 0.403 e. The van der Waals surface area contributed by atoms with Crippen LogP contribution in [0, 0.1) is 11.3 Å². The fourth-order valence-electron chi connectivity index (χ4n) is 6.38. The first-order chi connectivity index (χ1) is 20.6. The average molecular weight is 606 g/mol. The zero-order valence-corrected chi connectivity index (χ0v) is 27.0. The highest BCUT2D eigenvalue weighted by Gasteiger charge is 2.43. The third-order valence-electron chi connectivity index (χ3n) is 8.32. The van der Waals surface area contributed by atoms with Crippen LogP contribution in [-0.4, -0.2) is 39.7 Å². The van der Waals surface area contributed by atoms with E-state index in [4.69, 9.17) is 10.00 Å². The molecule has 0 spiro atoms. The van der Waals surface area contributed by atoms with Crippen molar-refractivity contribution in [3.63, 3.8) is 0 Å². The Morgan fingerprint density at radius 2 is 1.35 bits per heavy atom. The molecule has 0 aliphatic rings. The van der Waals surface area contributed by atoms with Gasteiger partial charge in [0.05, 0.1) is 18.7 Å². The first kappa shape index (κ1) is 34.5.